The maximum atomic E-state index is 13.2. The van der Waals surface area contributed by atoms with E-state index in [0.29, 0.717) is 5.69 Å². The number of anilines is 1. The first-order valence-corrected chi connectivity index (χ1v) is 11.5. The van der Waals surface area contributed by atoms with Crippen molar-refractivity contribution in [3.63, 3.8) is 0 Å². The zero-order chi connectivity index (χ0) is 22.6. The molecule has 0 spiro atoms. The Morgan fingerprint density at radius 2 is 1.47 bits per heavy atom. The molecule has 1 atom stereocenters. The van der Waals surface area contributed by atoms with E-state index in [9.17, 15) is 17.6 Å². The molecule has 0 bridgehead atoms. The molecule has 162 valence electrons. The summed E-state index contributed by atoms with van der Waals surface area (Å²) in [7, 11) is -4.05. The average Bonchev–Trinajstić information content (AvgIpc) is 2.80. The van der Waals surface area contributed by atoms with Crippen LogP contribution in [0.2, 0.25) is 0 Å². The van der Waals surface area contributed by atoms with Crippen LogP contribution in [-0.4, -0.2) is 20.4 Å². The van der Waals surface area contributed by atoms with Crippen molar-refractivity contribution < 1.29 is 17.6 Å². The first kappa shape index (κ1) is 21.7. The predicted molar refractivity (Wildman–Crippen MR) is 123 cm³/mol. The number of hydrogen-bond acceptors (Lipinski definition) is 3. The van der Waals surface area contributed by atoms with Gasteiger partial charge in [0.1, 0.15) is 11.9 Å². The van der Waals surface area contributed by atoms with E-state index in [2.05, 4.69) is 10.0 Å². The van der Waals surface area contributed by atoms with Gasteiger partial charge in [-0.3, -0.25) is 4.79 Å². The van der Waals surface area contributed by atoms with Crippen molar-refractivity contribution in [2.75, 3.05) is 5.32 Å². The minimum absolute atomic E-state index is 0.116. The second-order valence-electron chi connectivity index (χ2n) is 7.33. The van der Waals surface area contributed by atoms with Gasteiger partial charge in [-0.05, 0) is 47.7 Å². The highest BCUT2D eigenvalue weighted by atomic mass is 32.2. The highest BCUT2D eigenvalue weighted by molar-refractivity contribution is 7.89. The third-order valence-corrected chi connectivity index (χ3v) is 6.56. The summed E-state index contributed by atoms with van der Waals surface area (Å²) in [6, 6.07) is 25.7. The van der Waals surface area contributed by atoms with Crippen molar-refractivity contribution in [3.05, 3.63) is 108 Å². The van der Waals surface area contributed by atoms with Gasteiger partial charge in [0.25, 0.3) is 0 Å². The quantitative estimate of drug-likeness (QED) is 0.437. The number of amides is 1. The molecule has 0 saturated heterocycles. The molecule has 2 N–H and O–H groups in total. The van der Waals surface area contributed by atoms with Gasteiger partial charge in [0.05, 0.1) is 4.90 Å². The highest BCUT2D eigenvalue weighted by Crippen LogP contribution is 2.23. The Bertz CT molecular complexity index is 1340. The van der Waals surface area contributed by atoms with Gasteiger partial charge >= 0.3 is 0 Å². The summed E-state index contributed by atoms with van der Waals surface area (Å²) in [4.78, 5) is 13.1. The molecule has 0 radical (unpaired) electrons. The lowest BCUT2D eigenvalue weighted by Gasteiger charge is -2.19. The lowest BCUT2D eigenvalue weighted by molar-refractivity contribution is -0.117. The van der Waals surface area contributed by atoms with E-state index in [1.54, 1.807) is 6.07 Å². The molecule has 4 rings (SSSR count). The van der Waals surface area contributed by atoms with Gasteiger partial charge in [0, 0.05) is 11.1 Å². The lowest BCUT2D eigenvalue weighted by Crippen LogP contribution is -2.45. The Kier molecular flexibility index (Phi) is 6.30. The van der Waals surface area contributed by atoms with E-state index in [1.165, 1.54) is 12.1 Å². The Labute approximate surface area is 186 Å². The number of hydrogen-bond donors (Lipinski definition) is 2. The monoisotopic (exact) mass is 448 g/mol. The molecule has 5 nitrogen and oxygen atoms in total. The van der Waals surface area contributed by atoms with Crippen molar-refractivity contribution in [1.29, 1.82) is 0 Å². The van der Waals surface area contributed by atoms with Crippen LogP contribution in [0.15, 0.2) is 102 Å². The fourth-order valence-corrected chi connectivity index (χ4v) is 4.66. The Morgan fingerprint density at radius 1 is 0.812 bits per heavy atom. The number of nitrogens with one attached hydrogen (secondary N) is 2. The third kappa shape index (κ3) is 5.01. The van der Waals surface area contributed by atoms with Crippen molar-refractivity contribution >= 4 is 32.4 Å². The molecule has 4 aromatic rings. The topological polar surface area (TPSA) is 75.3 Å². The van der Waals surface area contributed by atoms with E-state index in [-0.39, 0.29) is 11.3 Å². The number of halogens is 1. The summed E-state index contributed by atoms with van der Waals surface area (Å²) < 4.78 is 41.5. The molecule has 32 heavy (non-hydrogen) atoms. The standard InChI is InChI=1S/C25H21FN2O3S/c26-20-13-15-21(16-14-20)32(30,31)28-24(17-18-7-2-1-3-8-18)25(29)27-23-12-6-10-19-9-4-5-11-22(19)23/h1-16,24,28H,17H2,(H,27,29)/t24-/m1/s1. The van der Waals surface area contributed by atoms with Gasteiger partial charge in [0.15, 0.2) is 0 Å². The Balaban J connectivity index is 1.64. The van der Waals surface area contributed by atoms with Crippen LogP contribution in [0.3, 0.4) is 0 Å². The van der Waals surface area contributed by atoms with E-state index in [1.807, 2.05) is 66.7 Å². The van der Waals surface area contributed by atoms with Crippen molar-refractivity contribution in [2.45, 2.75) is 17.4 Å². The van der Waals surface area contributed by atoms with Gasteiger partial charge < -0.3 is 5.32 Å². The van der Waals surface area contributed by atoms with Gasteiger partial charge in [-0.25, -0.2) is 12.8 Å². The molecule has 0 heterocycles. The minimum atomic E-state index is -4.05. The van der Waals surface area contributed by atoms with Crippen LogP contribution in [0.4, 0.5) is 10.1 Å². The number of fused-ring (bicyclic) bond motifs is 1. The van der Waals surface area contributed by atoms with Crippen molar-refractivity contribution in [1.82, 2.24) is 4.72 Å². The number of benzene rings is 4. The normalized spacial score (nSPS) is 12.4. The van der Waals surface area contributed by atoms with Gasteiger partial charge in [0.2, 0.25) is 15.9 Å². The minimum Gasteiger partial charge on any atom is -0.324 e. The molecule has 0 aliphatic rings. The average molecular weight is 449 g/mol. The summed E-state index contributed by atoms with van der Waals surface area (Å²) >= 11 is 0. The summed E-state index contributed by atoms with van der Waals surface area (Å²) in [6.07, 6.45) is 0.151. The van der Waals surface area contributed by atoms with E-state index in [0.717, 1.165) is 28.5 Å². The largest absolute Gasteiger partial charge is 0.324 e. The molecule has 0 saturated carbocycles. The van der Waals surface area contributed by atoms with Crippen LogP contribution in [-0.2, 0) is 21.2 Å². The van der Waals surface area contributed by atoms with Gasteiger partial charge in [-0.15, -0.1) is 0 Å². The van der Waals surface area contributed by atoms with Crippen LogP contribution in [0, 0.1) is 5.82 Å². The molecule has 0 unspecified atom stereocenters. The molecule has 0 aliphatic carbocycles. The zero-order valence-electron chi connectivity index (χ0n) is 17.0. The number of sulfonamides is 1. The molecule has 1 amide bonds. The second-order valence-corrected chi connectivity index (χ2v) is 9.05. The lowest BCUT2D eigenvalue weighted by atomic mass is 10.1. The van der Waals surface area contributed by atoms with Crippen LogP contribution >= 0.6 is 0 Å². The van der Waals surface area contributed by atoms with Crippen LogP contribution in [0.1, 0.15) is 5.56 Å². The number of carbonyl (C=O) groups excluding carboxylic acids is 1. The smallest absolute Gasteiger partial charge is 0.242 e. The molecule has 4 aromatic carbocycles. The van der Waals surface area contributed by atoms with Gasteiger partial charge in [-0.1, -0.05) is 66.7 Å². The first-order chi connectivity index (χ1) is 15.4. The zero-order valence-corrected chi connectivity index (χ0v) is 17.8. The van der Waals surface area contributed by atoms with E-state index >= 15 is 0 Å². The number of rotatable bonds is 7. The van der Waals surface area contributed by atoms with E-state index < -0.39 is 27.8 Å². The van der Waals surface area contributed by atoms with Crippen LogP contribution in [0.25, 0.3) is 10.8 Å². The highest BCUT2D eigenvalue weighted by Gasteiger charge is 2.26. The fraction of sp³-hybridized carbons (Fsp3) is 0.0800. The third-order valence-electron chi connectivity index (χ3n) is 5.07. The molecular weight excluding hydrogens is 427 g/mol. The molecule has 7 heteroatoms. The second kappa shape index (κ2) is 9.30. The fourth-order valence-electron chi connectivity index (χ4n) is 3.46. The summed E-state index contributed by atoms with van der Waals surface area (Å²) in [6.45, 7) is 0. The maximum absolute atomic E-state index is 13.2. The predicted octanol–water partition coefficient (Wildman–Crippen LogP) is 4.51. The maximum Gasteiger partial charge on any atom is 0.242 e. The Hall–Kier alpha value is -3.55. The van der Waals surface area contributed by atoms with Crippen molar-refractivity contribution in [3.8, 4) is 0 Å². The summed E-state index contributed by atoms with van der Waals surface area (Å²) in [5.41, 5.74) is 1.39. The van der Waals surface area contributed by atoms with Gasteiger partial charge in [-0.2, -0.15) is 4.72 Å². The molecular formula is C25H21FN2O3S. The number of carbonyl (C=O) groups is 1. The van der Waals surface area contributed by atoms with Crippen molar-refractivity contribution in [2.24, 2.45) is 0 Å². The SMILES string of the molecule is O=C(Nc1cccc2ccccc12)[C@@H](Cc1ccccc1)NS(=O)(=O)c1ccc(F)cc1. The van der Waals surface area contributed by atoms with Crippen LogP contribution in [0.5, 0.6) is 0 Å². The first-order valence-electron chi connectivity index (χ1n) is 10.0. The Morgan fingerprint density at radius 3 is 2.22 bits per heavy atom. The molecule has 0 aromatic heterocycles. The molecule has 0 fully saturated rings. The summed E-state index contributed by atoms with van der Waals surface area (Å²) in [5, 5.41) is 4.67. The van der Waals surface area contributed by atoms with E-state index in [4.69, 9.17) is 0 Å². The molecule has 0 aliphatic heterocycles. The summed E-state index contributed by atoms with van der Waals surface area (Å²) in [5.74, 6) is -1.03. The van der Waals surface area contributed by atoms with Crippen LogP contribution < -0.4 is 10.0 Å².